The predicted molar refractivity (Wildman–Crippen MR) is 88.8 cm³/mol. The zero-order valence-corrected chi connectivity index (χ0v) is 14.3. The highest BCUT2D eigenvalue weighted by molar-refractivity contribution is 5.70. The van der Waals surface area contributed by atoms with Crippen LogP contribution in [-0.4, -0.2) is 91.3 Å². The van der Waals surface area contributed by atoms with Crippen LogP contribution in [-0.2, 0) is 16.1 Å². The van der Waals surface area contributed by atoms with Gasteiger partial charge in [0.1, 0.15) is 0 Å². The summed E-state index contributed by atoms with van der Waals surface area (Å²) in [5.74, 6) is -1.04. The first-order valence-electron chi connectivity index (χ1n) is 8.57. The topological polar surface area (TPSA) is 69.4 Å². The van der Waals surface area contributed by atoms with Gasteiger partial charge in [0.25, 0.3) is 0 Å². The number of fused-ring (bicyclic) bond motifs is 1. The first kappa shape index (κ1) is 17.4. The fraction of sp³-hybridized carbons (Fsp3) is 0.706. The second-order valence-electron chi connectivity index (χ2n) is 6.80. The molecule has 2 aliphatic heterocycles. The molecule has 1 aromatic rings. The second-order valence-corrected chi connectivity index (χ2v) is 6.80. The SMILES string of the molecule is COCCN1CCN2CC(C(=O)O)CN(Cc3ccoc3)CC2C1. The summed E-state index contributed by atoms with van der Waals surface area (Å²) in [5, 5.41) is 9.57. The maximum absolute atomic E-state index is 11.6. The monoisotopic (exact) mass is 337 g/mol. The second kappa shape index (κ2) is 8.11. The van der Waals surface area contributed by atoms with Crippen LogP contribution in [0, 0.1) is 5.92 Å². The lowest BCUT2D eigenvalue weighted by Crippen LogP contribution is -2.56. The number of nitrogens with zero attached hydrogens (tertiary/aromatic N) is 3. The van der Waals surface area contributed by atoms with Gasteiger partial charge in [-0.05, 0) is 6.07 Å². The van der Waals surface area contributed by atoms with Crippen molar-refractivity contribution in [3.8, 4) is 0 Å². The first-order valence-corrected chi connectivity index (χ1v) is 8.57. The molecule has 3 heterocycles. The van der Waals surface area contributed by atoms with Crippen LogP contribution in [0.3, 0.4) is 0 Å². The standard InChI is InChI=1S/C17H27N3O4/c1-23-7-5-18-3-4-20-10-15(17(21)22)9-19(12-16(20)11-18)8-14-2-6-24-13-14/h2,6,13,15-16H,3-5,7-12H2,1H3,(H,21,22). The summed E-state index contributed by atoms with van der Waals surface area (Å²) in [7, 11) is 1.73. The average molecular weight is 337 g/mol. The number of rotatable bonds is 6. The molecule has 0 radical (unpaired) electrons. The van der Waals surface area contributed by atoms with Gasteiger partial charge in [-0.3, -0.25) is 19.5 Å². The van der Waals surface area contributed by atoms with Crippen molar-refractivity contribution in [1.82, 2.24) is 14.7 Å². The smallest absolute Gasteiger partial charge is 0.309 e. The van der Waals surface area contributed by atoms with Crippen molar-refractivity contribution in [2.45, 2.75) is 12.6 Å². The van der Waals surface area contributed by atoms with E-state index in [9.17, 15) is 9.90 Å². The molecule has 0 spiro atoms. The average Bonchev–Trinajstić information content (AvgIpc) is 2.99. The van der Waals surface area contributed by atoms with Crippen LogP contribution in [0.25, 0.3) is 0 Å². The molecule has 2 aliphatic rings. The minimum absolute atomic E-state index is 0.340. The Hall–Kier alpha value is -1.41. The number of methoxy groups -OCH3 is 1. The van der Waals surface area contributed by atoms with E-state index in [1.807, 2.05) is 6.07 Å². The summed E-state index contributed by atoms with van der Waals surface area (Å²) in [6.45, 7) is 7.41. The summed E-state index contributed by atoms with van der Waals surface area (Å²) in [6.07, 6.45) is 3.41. The first-order chi connectivity index (χ1) is 11.7. The Morgan fingerprint density at radius 1 is 1.29 bits per heavy atom. The van der Waals surface area contributed by atoms with Crippen LogP contribution in [0.2, 0.25) is 0 Å². The van der Waals surface area contributed by atoms with Crippen molar-refractivity contribution in [2.24, 2.45) is 5.92 Å². The van der Waals surface area contributed by atoms with Crippen molar-refractivity contribution in [1.29, 1.82) is 0 Å². The van der Waals surface area contributed by atoms with Gasteiger partial charge in [0.15, 0.2) is 0 Å². The molecule has 2 atom stereocenters. The van der Waals surface area contributed by atoms with E-state index in [0.29, 0.717) is 19.1 Å². The lowest BCUT2D eigenvalue weighted by molar-refractivity contribution is -0.142. The van der Waals surface area contributed by atoms with Crippen molar-refractivity contribution < 1.29 is 19.1 Å². The molecule has 2 unspecified atom stereocenters. The van der Waals surface area contributed by atoms with Gasteiger partial charge in [-0.15, -0.1) is 0 Å². The molecule has 7 heteroatoms. The Balaban J connectivity index is 1.68. The largest absolute Gasteiger partial charge is 0.481 e. The Labute approximate surface area is 142 Å². The number of hydrogen-bond donors (Lipinski definition) is 1. The highest BCUT2D eigenvalue weighted by Gasteiger charge is 2.36. The third-order valence-corrected chi connectivity index (χ3v) is 5.04. The molecule has 0 saturated carbocycles. The lowest BCUT2D eigenvalue weighted by atomic mass is 10.1. The molecule has 3 rings (SSSR count). The fourth-order valence-electron chi connectivity index (χ4n) is 3.75. The lowest BCUT2D eigenvalue weighted by Gasteiger charge is -2.41. The number of furan rings is 1. The molecule has 0 aromatic carbocycles. The number of hydrogen-bond acceptors (Lipinski definition) is 6. The van der Waals surface area contributed by atoms with Crippen LogP contribution in [0.4, 0.5) is 0 Å². The maximum Gasteiger partial charge on any atom is 0.309 e. The van der Waals surface area contributed by atoms with Crippen LogP contribution in [0.1, 0.15) is 5.56 Å². The van der Waals surface area contributed by atoms with E-state index in [1.54, 1.807) is 19.6 Å². The van der Waals surface area contributed by atoms with Crippen molar-refractivity contribution >= 4 is 5.97 Å². The van der Waals surface area contributed by atoms with Crippen molar-refractivity contribution in [3.63, 3.8) is 0 Å². The highest BCUT2D eigenvalue weighted by atomic mass is 16.5. The van der Waals surface area contributed by atoms with Gasteiger partial charge in [0, 0.05) is 71.1 Å². The van der Waals surface area contributed by atoms with E-state index in [1.165, 1.54) is 0 Å². The summed E-state index contributed by atoms with van der Waals surface area (Å²) < 4.78 is 10.3. The summed E-state index contributed by atoms with van der Waals surface area (Å²) in [5.41, 5.74) is 1.10. The quantitative estimate of drug-likeness (QED) is 0.807. The van der Waals surface area contributed by atoms with E-state index >= 15 is 0 Å². The van der Waals surface area contributed by atoms with Crippen molar-refractivity contribution in [2.75, 3.05) is 59.5 Å². The zero-order valence-electron chi connectivity index (χ0n) is 14.3. The molecule has 0 amide bonds. The molecular weight excluding hydrogens is 310 g/mol. The molecule has 134 valence electrons. The Bertz CT molecular complexity index is 522. The van der Waals surface area contributed by atoms with Gasteiger partial charge in [-0.1, -0.05) is 0 Å². The van der Waals surface area contributed by atoms with Crippen LogP contribution >= 0.6 is 0 Å². The van der Waals surface area contributed by atoms with Crippen molar-refractivity contribution in [3.05, 3.63) is 24.2 Å². The summed E-state index contributed by atoms with van der Waals surface area (Å²) in [6, 6.07) is 2.32. The predicted octanol–water partition coefficient (Wildman–Crippen LogP) is 0.429. The van der Waals surface area contributed by atoms with Gasteiger partial charge < -0.3 is 14.3 Å². The molecule has 2 saturated heterocycles. The van der Waals surface area contributed by atoms with Gasteiger partial charge in [0.2, 0.25) is 0 Å². The normalized spacial score (nSPS) is 26.9. The van der Waals surface area contributed by atoms with Crippen LogP contribution < -0.4 is 0 Å². The molecule has 24 heavy (non-hydrogen) atoms. The number of carboxylic acid groups (broad SMARTS) is 1. The van der Waals surface area contributed by atoms with E-state index in [2.05, 4.69) is 14.7 Å². The summed E-state index contributed by atoms with van der Waals surface area (Å²) >= 11 is 0. The van der Waals surface area contributed by atoms with Crippen LogP contribution in [0.5, 0.6) is 0 Å². The highest BCUT2D eigenvalue weighted by Crippen LogP contribution is 2.20. The minimum atomic E-state index is -0.699. The number of carbonyl (C=O) groups is 1. The zero-order chi connectivity index (χ0) is 16.9. The van der Waals surface area contributed by atoms with Gasteiger partial charge in [0.05, 0.1) is 25.1 Å². The number of carboxylic acids is 1. The Morgan fingerprint density at radius 3 is 2.83 bits per heavy atom. The Kier molecular flexibility index (Phi) is 5.89. The maximum atomic E-state index is 11.6. The van der Waals surface area contributed by atoms with E-state index in [4.69, 9.17) is 9.15 Å². The molecular formula is C17H27N3O4. The number of piperazine rings is 1. The van der Waals surface area contributed by atoms with E-state index < -0.39 is 5.97 Å². The van der Waals surface area contributed by atoms with Crippen LogP contribution in [0.15, 0.2) is 23.0 Å². The van der Waals surface area contributed by atoms with Gasteiger partial charge in [-0.25, -0.2) is 0 Å². The molecule has 0 bridgehead atoms. The molecule has 7 nitrogen and oxygen atoms in total. The molecule has 1 aromatic heterocycles. The van der Waals surface area contributed by atoms with E-state index in [0.717, 1.165) is 51.4 Å². The Morgan fingerprint density at radius 2 is 2.12 bits per heavy atom. The molecule has 1 N–H and O–H groups in total. The van der Waals surface area contributed by atoms with Gasteiger partial charge in [-0.2, -0.15) is 0 Å². The third kappa shape index (κ3) is 4.36. The molecule has 0 aliphatic carbocycles. The van der Waals surface area contributed by atoms with Gasteiger partial charge >= 0.3 is 5.97 Å². The minimum Gasteiger partial charge on any atom is -0.481 e. The summed E-state index contributed by atoms with van der Waals surface area (Å²) in [4.78, 5) is 18.7. The molecule has 2 fully saturated rings. The fourth-order valence-corrected chi connectivity index (χ4v) is 3.75. The number of aliphatic carboxylic acids is 1. The van der Waals surface area contributed by atoms with E-state index in [-0.39, 0.29) is 5.92 Å². The third-order valence-electron chi connectivity index (χ3n) is 5.04. The number of ether oxygens (including phenoxy) is 1.